The van der Waals surface area contributed by atoms with Gasteiger partial charge >= 0.3 is 0 Å². The lowest BCUT2D eigenvalue weighted by Crippen LogP contribution is -2.29. The van der Waals surface area contributed by atoms with Gasteiger partial charge < -0.3 is 4.90 Å². The van der Waals surface area contributed by atoms with Gasteiger partial charge in [0, 0.05) is 24.2 Å². The maximum Gasteiger partial charge on any atom is 0.283 e. The number of carbonyl (C=O) groups is 1. The molecule has 1 unspecified atom stereocenters. The van der Waals surface area contributed by atoms with Gasteiger partial charge in [-0.25, -0.2) is 0 Å². The molecule has 0 radical (unpaired) electrons. The molecule has 1 saturated heterocycles. The summed E-state index contributed by atoms with van der Waals surface area (Å²) in [5, 5.41) is 11.1. The van der Waals surface area contributed by atoms with Crippen LogP contribution in [0, 0.1) is 10.1 Å². The van der Waals surface area contributed by atoms with Crippen molar-refractivity contribution in [3.05, 3.63) is 38.9 Å². The minimum atomic E-state index is -0.604. The van der Waals surface area contributed by atoms with Crippen molar-refractivity contribution in [2.75, 3.05) is 13.1 Å². The van der Waals surface area contributed by atoms with E-state index < -0.39 is 4.92 Å². The Morgan fingerprint density at radius 2 is 2.22 bits per heavy atom. The van der Waals surface area contributed by atoms with Crippen molar-refractivity contribution in [3.8, 4) is 0 Å². The first-order valence-electron chi connectivity index (χ1n) is 5.36. The van der Waals surface area contributed by atoms with Crippen LogP contribution in [-0.4, -0.2) is 34.2 Å². The van der Waals surface area contributed by atoms with Gasteiger partial charge in [-0.3, -0.25) is 14.9 Å². The Balaban J connectivity index is 2.33. The minimum absolute atomic E-state index is 0.0511. The molecule has 1 aromatic rings. The number of rotatable bonds is 2. The summed E-state index contributed by atoms with van der Waals surface area (Å²) in [5.41, 5.74) is -0.222. The molecule has 2 rings (SSSR count). The van der Waals surface area contributed by atoms with Crippen LogP contribution in [0.1, 0.15) is 16.8 Å². The van der Waals surface area contributed by atoms with Gasteiger partial charge in [0.05, 0.1) is 10.3 Å². The molecule has 1 amide bonds. The van der Waals surface area contributed by atoms with Gasteiger partial charge in [0.2, 0.25) is 0 Å². The summed E-state index contributed by atoms with van der Waals surface area (Å²) in [6.07, 6.45) is 0.703. The molecule has 96 valence electrons. The minimum Gasteiger partial charge on any atom is -0.337 e. The number of hydrogen-bond donors (Lipinski definition) is 0. The molecule has 0 spiro atoms. The van der Waals surface area contributed by atoms with E-state index in [-0.39, 0.29) is 27.6 Å². The SMILES string of the molecule is O=C(c1ccc(Cl)cc1[N+](=O)[O-])N1CCC(Cl)C1. The van der Waals surface area contributed by atoms with E-state index in [0.717, 1.165) is 0 Å². The highest BCUT2D eigenvalue weighted by molar-refractivity contribution is 6.31. The lowest BCUT2D eigenvalue weighted by atomic mass is 10.1. The molecule has 18 heavy (non-hydrogen) atoms. The zero-order valence-corrected chi connectivity index (χ0v) is 10.8. The number of nitrogens with zero attached hydrogens (tertiary/aromatic N) is 2. The highest BCUT2D eigenvalue weighted by atomic mass is 35.5. The number of nitro benzene ring substituents is 1. The Morgan fingerprint density at radius 1 is 1.50 bits per heavy atom. The molecule has 0 bridgehead atoms. The van der Waals surface area contributed by atoms with E-state index in [2.05, 4.69) is 0 Å². The number of carbonyl (C=O) groups excluding carboxylic acids is 1. The van der Waals surface area contributed by atoms with Crippen molar-refractivity contribution >= 4 is 34.8 Å². The van der Waals surface area contributed by atoms with Crippen molar-refractivity contribution in [1.82, 2.24) is 4.90 Å². The van der Waals surface area contributed by atoms with Crippen LogP contribution in [0.15, 0.2) is 18.2 Å². The van der Waals surface area contributed by atoms with Crippen LogP contribution in [0.5, 0.6) is 0 Å². The first-order chi connectivity index (χ1) is 8.49. The van der Waals surface area contributed by atoms with E-state index in [1.54, 1.807) is 0 Å². The van der Waals surface area contributed by atoms with E-state index in [4.69, 9.17) is 23.2 Å². The van der Waals surface area contributed by atoms with Crippen LogP contribution in [0.2, 0.25) is 5.02 Å². The summed E-state index contributed by atoms with van der Waals surface area (Å²) in [6, 6.07) is 4.03. The Kier molecular flexibility index (Phi) is 3.73. The topological polar surface area (TPSA) is 63.4 Å². The third-order valence-electron chi connectivity index (χ3n) is 2.80. The van der Waals surface area contributed by atoms with Crippen molar-refractivity contribution in [1.29, 1.82) is 0 Å². The molecule has 0 saturated carbocycles. The molecule has 0 aliphatic carbocycles. The lowest BCUT2D eigenvalue weighted by Gasteiger charge is -2.15. The van der Waals surface area contributed by atoms with E-state index in [1.165, 1.54) is 23.1 Å². The van der Waals surface area contributed by atoms with Gasteiger partial charge in [0.25, 0.3) is 11.6 Å². The van der Waals surface area contributed by atoms with Crippen LogP contribution in [-0.2, 0) is 0 Å². The van der Waals surface area contributed by atoms with Crippen LogP contribution in [0.4, 0.5) is 5.69 Å². The van der Waals surface area contributed by atoms with Gasteiger partial charge in [-0.15, -0.1) is 11.6 Å². The van der Waals surface area contributed by atoms with Crippen LogP contribution in [0.25, 0.3) is 0 Å². The number of hydrogen-bond acceptors (Lipinski definition) is 3. The standard InChI is InChI=1S/C11H10Cl2N2O3/c12-7-1-2-9(10(5-7)15(17)18)11(16)14-4-3-8(13)6-14/h1-2,5,8H,3-4,6H2. The van der Waals surface area contributed by atoms with Gasteiger partial charge in [0.1, 0.15) is 5.56 Å². The summed E-state index contributed by atoms with van der Waals surface area (Å²) < 4.78 is 0. The summed E-state index contributed by atoms with van der Waals surface area (Å²) >= 11 is 11.6. The molecular weight excluding hydrogens is 279 g/mol. The first-order valence-corrected chi connectivity index (χ1v) is 6.18. The maximum atomic E-state index is 12.1. The smallest absolute Gasteiger partial charge is 0.283 e. The van der Waals surface area contributed by atoms with Crippen molar-refractivity contribution in [2.45, 2.75) is 11.8 Å². The second-order valence-corrected chi connectivity index (χ2v) is 5.11. The maximum absolute atomic E-state index is 12.1. The zero-order valence-electron chi connectivity index (χ0n) is 9.31. The molecule has 1 aromatic carbocycles. The normalized spacial score (nSPS) is 19.0. The molecule has 1 aliphatic rings. The number of amides is 1. The van der Waals surface area contributed by atoms with Crippen LogP contribution in [0.3, 0.4) is 0 Å². The summed E-state index contributed by atoms with van der Waals surface area (Å²) in [5.74, 6) is -0.374. The molecule has 1 aliphatic heterocycles. The Morgan fingerprint density at radius 3 is 2.78 bits per heavy atom. The average molecular weight is 289 g/mol. The number of halogens is 2. The van der Waals surface area contributed by atoms with E-state index in [0.29, 0.717) is 19.5 Å². The monoisotopic (exact) mass is 288 g/mol. The molecule has 1 fully saturated rings. The zero-order chi connectivity index (χ0) is 13.3. The third kappa shape index (κ3) is 2.57. The van der Waals surface area contributed by atoms with Gasteiger partial charge in [-0.2, -0.15) is 0 Å². The Hall–Kier alpha value is -1.33. The van der Waals surface area contributed by atoms with Crippen LogP contribution >= 0.6 is 23.2 Å². The van der Waals surface area contributed by atoms with Crippen molar-refractivity contribution < 1.29 is 9.72 Å². The largest absolute Gasteiger partial charge is 0.337 e. The predicted molar refractivity (Wildman–Crippen MR) is 68.3 cm³/mol. The highest BCUT2D eigenvalue weighted by Crippen LogP contribution is 2.26. The number of nitro groups is 1. The highest BCUT2D eigenvalue weighted by Gasteiger charge is 2.29. The van der Waals surface area contributed by atoms with Gasteiger partial charge in [0.15, 0.2) is 0 Å². The molecular formula is C11H10Cl2N2O3. The van der Waals surface area contributed by atoms with Crippen molar-refractivity contribution in [3.63, 3.8) is 0 Å². The fourth-order valence-corrected chi connectivity index (χ4v) is 2.34. The molecule has 7 heteroatoms. The summed E-state index contributed by atoms with van der Waals surface area (Å²) in [4.78, 5) is 24.0. The first kappa shape index (κ1) is 13.1. The summed E-state index contributed by atoms with van der Waals surface area (Å²) in [7, 11) is 0. The van der Waals surface area contributed by atoms with Gasteiger partial charge in [-0.1, -0.05) is 11.6 Å². The number of benzene rings is 1. The van der Waals surface area contributed by atoms with E-state index in [9.17, 15) is 14.9 Å². The average Bonchev–Trinajstić information content (AvgIpc) is 2.75. The Labute approximate surface area is 113 Å². The van der Waals surface area contributed by atoms with Gasteiger partial charge in [-0.05, 0) is 18.6 Å². The number of alkyl halides is 1. The lowest BCUT2D eigenvalue weighted by molar-refractivity contribution is -0.385. The molecule has 1 atom stereocenters. The quantitative estimate of drug-likeness (QED) is 0.477. The molecule has 1 heterocycles. The third-order valence-corrected chi connectivity index (χ3v) is 3.40. The molecule has 5 nitrogen and oxygen atoms in total. The van der Waals surface area contributed by atoms with E-state index in [1.807, 2.05) is 0 Å². The fourth-order valence-electron chi connectivity index (χ4n) is 1.91. The molecule has 0 aromatic heterocycles. The second-order valence-electron chi connectivity index (χ2n) is 4.06. The van der Waals surface area contributed by atoms with E-state index >= 15 is 0 Å². The summed E-state index contributed by atoms with van der Waals surface area (Å²) in [6.45, 7) is 0.937. The second kappa shape index (κ2) is 5.12. The van der Waals surface area contributed by atoms with Crippen molar-refractivity contribution in [2.24, 2.45) is 0 Å². The predicted octanol–water partition coefficient (Wildman–Crippen LogP) is 2.70. The fraction of sp³-hybridized carbons (Fsp3) is 0.364. The molecule has 0 N–H and O–H groups in total. The number of likely N-dealkylation sites (tertiary alicyclic amines) is 1. The van der Waals surface area contributed by atoms with Crippen LogP contribution < -0.4 is 0 Å². The Bertz CT molecular complexity index is 507.